The lowest BCUT2D eigenvalue weighted by molar-refractivity contribution is 0.0955. The number of carbonyl (C=O) groups excluding carboxylic acids is 1. The van der Waals surface area contributed by atoms with Gasteiger partial charge in [-0.15, -0.1) is 0 Å². The molecule has 5 heteroatoms. The summed E-state index contributed by atoms with van der Waals surface area (Å²) in [7, 11) is 0. The fraction of sp³-hybridized carbons (Fsp3) is 0.0667. The maximum atomic E-state index is 11.9. The number of hydrogen-bond donors (Lipinski definition) is 2. The number of nitrogens with two attached hydrogens (primary N) is 1. The molecule has 0 bridgehead atoms. The molecule has 0 aliphatic carbocycles. The molecule has 2 aromatic rings. The fourth-order valence-corrected chi connectivity index (χ4v) is 1.85. The van der Waals surface area contributed by atoms with Crippen LogP contribution in [-0.2, 0) is 0 Å². The maximum absolute atomic E-state index is 11.9. The summed E-state index contributed by atoms with van der Waals surface area (Å²) in [5, 5.41) is 4.09. The Morgan fingerprint density at radius 1 is 1.05 bits per heavy atom. The minimum atomic E-state index is -0.263. The van der Waals surface area contributed by atoms with Crippen molar-refractivity contribution in [1.82, 2.24) is 5.43 Å². The van der Waals surface area contributed by atoms with Crippen LogP contribution in [0.3, 0.4) is 0 Å². The normalized spacial score (nSPS) is 11.2. The lowest BCUT2D eigenvalue weighted by atomic mass is 10.1. The number of carbonyl (C=O) groups is 1. The molecular weight excluding hydrogens is 318 g/mol. The molecule has 0 unspecified atom stereocenters. The Bertz CT molecular complexity index is 633. The van der Waals surface area contributed by atoms with Gasteiger partial charge in [0.15, 0.2) is 0 Å². The molecule has 0 aliphatic heterocycles. The highest BCUT2D eigenvalue weighted by Gasteiger charge is 2.04. The van der Waals surface area contributed by atoms with E-state index in [4.69, 9.17) is 5.73 Å². The highest BCUT2D eigenvalue weighted by molar-refractivity contribution is 9.10. The fourth-order valence-electron chi connectivity index (χ4n) is 1.59. The van der Waals surface area contributed by atoms with Gasteiger partial charge in [-0.3, -0.25) is 4.79 Å². The highest BCUT2D eigenvalue weighted by Crippen LogP contribution is 2.11. The third kappa shape index (κ3) is 3.68. The standard InChI is InChI=1S/C15H14BrN3O/c1-10(11-2-6-13(16)7-3-11)18-19-15(20)12-4-8-14(17)9-5-12/h2-9H,17H2,1H3,(H,19,20)/b18-10+. The number of nitrogen functional groups attached to an aromatic ring is 1. The number of nitrogens with zero attached hydrogens (tertiary/aromatic N) is 1. The van der Waals surface area contributed by atoms with Crippen LogP contribution in [0.15, 0.2) is 58.1 Å². The van der Waals surface area contributed by atoms with E-state index in [-0.39, 0.29) is 5.91 Å². The van der Waals surface area contributed by atoms with Gasteiger partial charge in [0.05, 0.1) is 5.71 Å². The molecular formula is C15H14BrN3O. The van der Waals surface area contributed by atoms with Gasteiger partial charge >= 0.3 is 0 Å². The second kappa shape index (κ2) is 6.34. The first kappa shape index (κ1) is 14.3. The molecule has 20 heavy (non-hydrogen) atoms. The van der Waals surface area contributed by atoms with Crippen molar-refractivity contribution in [3.8, 4) is 0 Å². The van der Waals surface area contributed by atoms with Crippen molar-refractivity contribution in [2.24, 2.45) is 5.10 Å². The average molecular weight is 332 g/mol. The van der Waals surface area contributed by atoms with E-state index in [0.717, 1.165) is 15.7 Å². The summed E-state index contributed by atoms with van der Waals surface area (Å²) in [5.74, 6) is -0.263. The molecule has 102 valence electrons. The van der Waals surface area contributed by atoms with E-state index in [1.807, 2.05) is 31.2 Å². The van der Waals surface area contributed by atoms with Gasteiger partial charge in [0, 0.05) is 15.7 Å². The van der Waals surface area contributed by atoms with Gasteiger partial charge in [0.1, 0.15) is 0 Å². The van der Waals surface area contributed by atoms with Crippen molar-refractivity contribution >= 4 is 33.2 Å². The van der Waals surface area contributed by atoms with E-state index in [1.165, 1.54) is 0 Å². The van der Waals surface area contributed by atoms with Crippen LogP contribution < -0.4 is 11.2 Å². The Kier molecular flexibility index (Phi) is 4.53. The summed E-state index contributed by atoms with van der Waals surface area (Å²) < 4.78 is 1.000. The van der Waals surface area contributed by atoms with Gasteiger partial charge < -0.3 is 5.73 Å². The van der Waals surface area contributed by atoms with Crippen molar-refractivity contribution in [1.29, 1.82) is 0 Å². The third-order valence-electron chi connectivity index (χ3n) is 2.76. The molecule has 0 aromatic heterocycles. The van der Waals surface area contributed by atoms with Crippen LogP contribution >= 0.6 is 15.9 Å². The first-order chi connectivity index (χ1) is 9.56. The lowest BCUT2D eigenvalue weighted by Crippen LogP contribution is -2.19. The third-order valence-corrected chi connectivity index (χ3v) is 3.29. The number of halogens is 1. The zero-order valence-corrected chi connectivity index (χ0v) is 12.5. The molecule has 3 N–H and O–H groups in total. The molecule has 0 heterocycles. The van der Waals surface area contributed by atoms with E-state index in [9.17, 15) is 4.79 Å². The molecule has 1 amide bonds. The highest BCUT2D eigenvalue weighted by atomic mass is 79.9. The van der Waals surface area contributed by atoms with Crippen molar-refractivity contribution in [2.75, 3.05) is 5.73 Å². The second-order valence-corrected chi connectivity index (χ2v) is 5.18. The van der Waals surface area contributed by atoms with Crippen LogP contribution in [0.25, 0.3) is 0 Å². The minimum absolute atomic E-state index is 0.263. The average Bonchev–Trinajstić information content (AvgIpc) is 2.46. The number of anilines is 1. The van der Waals surface area contributed by atoms with Crippen LogP contribution in [0.2, 0.25) is 0 Å². The molecule has 0 atom stereocenters. The number of hydrazone groups is 1. The molecule has 0 aliphatic rings. The largest absolute Gasteiger partial charge is 0.399 e. The predicted octanol–water partition coefficient (Wildman–Crippen LogP) is 3.19. The zero-order chi connectivity index (χ0) is 14.5. The molecule has 0 radical (unpaired) electrons. The van der Waals surface area contributed by atoms with E-state index in [1.54, 1.807) is 24.3 Å². The number of hydrogen-bond acceptors (Lipinski definition) is 3. The van der Waals surface area contributed by atoms with Crippen LogP contribution in [0, 0.1) is 0 Å². The summed E-state index contributed by atoms with van der Waals surface area (Å²) in [6.07, 6.45) is 0. The summed E-state index contributed by atoms with van der Waals surface area (Å²) >= 11 is 3.37. The van der Waals surface area contributed by atoms with E-state index in [0.29, 0.717) is 11.3 Å². The Balaban J connectivity index is 2.06. The van der Waals surface area contributed by atoms with Crippen molar-refractivity contribution in [3.63, 3.8) is 0 Å². The molecule has 0 saturated heterocycles. The molecule has 2 aromatic carbocycles. The van der Waals surface area contributed by atoms with Crippen LogP contribution in [0.1, 0.15) is 22.8 Å². The summed E-state index contributed by atoms with van der Waals surface area (Å²) in [5.41, 5.74) is 10.9. The van der Waals surface area contributed by atoms with Gasteiger partial charge in [0.2, 0.25) is 0 Å². The Morgan fingerprint density at radius 3 is 2.20 bits per heavy atom. The number of rotatable bonds is 3. The SMILES string of the molecule is C/C(=N\NC(=O)c1ccc(N)cc1)c1ccc(Br)cc1. The molecule has 0 spiro atoms. The van der Waals surface area contributed by atoms with Gasteiger partial charge in [-0.25, -0.2) is 5.43 Å². The molecule has 2 rings (SSSR count). The topological polar surface area (TPSA) is 67.5 Å². The monoisotopic (exact) mass is 331 g/mol. The van der Waals surface area contributed by atoms with Gasteiger partial charge in [-0.1, -0.05) is 28.1 Å². The van der Waals surface area contributed by atoms with Crippen molar-refractivity contribution in [2.45, 2.75) is 6.92 Å². The lowest BCUT2D eigenvalue weighted by Gasteiger charge is -2.03. The van der Waals surface area contributed by atoms with Gasteiger partial charge in [-0.05, 0) is 48.9 Å². The first-order valence-electron chi connectivity index (χ1n) is 6.02. The van der Waals surface area contributed by atoms with Gasteiger partial charge in [0.25, 0.3) is 5.91 Å². The van der Waals surface area contributed by atoms with Crippen molar-refractivity contribution < 1.29 is 4.79 Å². The molecule has 0 saturated carbocycles. The summed E-state index contributed by atoms with van der Waals surface area (Å²) in [6.45, 7) is 1.84. The van der Waals surface area contributed by atoms with Crippen LogP contribution in [0.5, 0.6) is 0 Å². The minimum Gasteiger partial charge on any atom is -0.399 e. The Morgan fingerprint density at radius 2 is 1.60 bits per heavy atom. The zero-order valence-electron chi connectivity index (χ0n) is 10.9. The van der Waals surface area contributed by atoms with E-state index >= 15 is 0 Å². The summed E-state index contributed by atoms with van der Waals surface area (Å²) in [6, 6.07) is 14.4. The Labute approximate surface area is 125 Å². The van der Waals surface area contributed by atoms with E-state index in [2.05, 4.69) is 26.5 Å². The van der Waals surface area contributed by atoms with Crippen LogP contribution in [-0.4, -0.2) is 11.6 Å². The number of nitrogens with one attached hydrogen (secondary N) is 1. The number of amides is 1. The van der Waals surface area contributed by atoms with Gasteiger partial charge in [-0.2, -0.15) is 5.10 Å². The van der Waals surface area contributed by atoms with E-state index < -0.39 is 0 Å². The smallest absolute Gasteiger partial charge is 0.271 e. The first-order valence-corrected chi connectivity index (χ1v) is 6.81. The predicted molar refractivity (Wildman–Crippen MR) is 84.7 cm³/mol. The van der Waals surface area contributed by atoms with Crippen molar-refractivity contribution in [3.05, 3.63) is 64.1 Å². The van der Waals surface area contributed by atoms with Crippen LogP contribution in [0.4, 0.5) is 5.69 Å². The maximum Gasteiger partial charge on any atom is 0.271 e. The molecule has 4 nitrogen and oxygen atoms in total. The second-order valence-electron chi connectivity index (χ2n) is 4.27. The molecule has 0 fully saturated rings. The summed E-state index contributed by atoms with van der Waals surface area (Å²) in [4.78, 5) is 11.9. The quantitative estimate of drug-likeness (QED) is 0.515. The Hall–Kier alpha value is -2.14. The number of benzene rings is 2.